The van der Waals surface area contributed by atoms with Gasteiger partial charge in [0, 0.05) is 19.1 Å². The van der Waals surface area contributed by atoms with Gasteiger partial charge in [0.15, 0.2) is 4.60 Å². The van der Waals surface area contributed by atoms with E-state index in [9.17, 15) is 0 Å². The summed E-state index contributed by atoms with van der Waals surface area (Å²) in [7, 11) is 0. The predicted molar refractivity (Wildman–Crippen MR) is 46.9 cm³/mol. The molecule has 0 amide bonds. The van der Waals surface area contributed by atoms with Gasteiger partial charge in [0.2, 0.25) is 0 Å². The van der Waals surface area contributed by atoms with Crippen molar-refractivity contribution in [1.82, 2.24) is 15.4 Å². The third kappa shape index (κ3) is 1.51. The lowest BCUT2D eigenvalue weighted by Gasteiger charge is -2.19. The standard InChI is InChI=1S/C7H10BrN3O/c8-7-6(9-11-10-7)5-1-3-12-4-2-5/h5H,1-4H2,(H,9,10,11). The Bertz CT molecular complexity index is 257. The number of halogens is 1. The fraction of sp³-hybridized carbons (Fsp3) is 0.714. The molecular formula is C7H10BrN3O. The van der Waals surface area contributed by atoms with Gasteiger partial charge in [-0.3, -0.25) is 0 Å². The van der Waals surface area contributed by atoms with Crippen LogP contribution in [0, 0.1) is 0 Å². The first kappa shape index (κ1) is 8.19. The van der Waals surface area contributed by atoms with Crippen molar-refractivity contribution in [2.24, 2.45) is 0 Å². The van der Waals surface area contributed by atoms with E-state index >= 15 is 0 Å². The highest BCUT2D eigenvalue weighted by molar-refractivity contribution is 9.10. The Morgan fingerprint density at radius 3 is 2.67 bits per heavy atom. The van der Waals surface area contributed by atoms with Crippen molar-refractivity contribution >= 4 is 15.9 Å². The molecule has 0 aliphatic carbocycles. The molecule has 0 aromatic carbocycles. The van der Waals surface area contributed by atoms with E-state index in [0.29, 0.717) is 5.92 Å². The van der Waals surface area contributed by atoms with Gasteiger partial charge in [-0.2, -0.15) is 10.3 Å². The molecule has 1 aromatic heterocycles. The molecule has 0 spiro atoms. The smallest absolute Gasteiger partial charge is 0.151 e. The largest absolute Gasteiger partial charge is 0.381 e. The number of hydrogen-bond donors (Lipinski definition) is 1. The molecule has 1 aliphatic rings. The van der Waals surface area contributed by atoms with Crippen molar-refractivity contribution in [3.63, 3.8) is 0 Å². The van der Waals surface area contributed by atoms with E-state index in [4.69, 9.17) is 4.74 Å². The Labute approximate surface area is 78.8 Å². The molecule has 4 nitrogen and oxygen atoms in total. The Morgan fingerprint density at radius 1 is 1.33 bits per heavy atom. The molecule has 5 heteroatoms. The summed E-state index contributed by atoms with van der Waals surface area (Å²) in [5.74, 6) is 0.506. The topological polar surface area (TPSA) is 50.8 Å². The molecule has 1 N–H and O–H groups in total. The Hall–Kier alpha value is -0.420. The minimum atomic E-state index is 0.506. The van der Waals surface area contributed by atoms with Crippen molar-refractivity contribution in [2.75, 3.05) is 13.2 Å². The number of hydrogen-bond acceptors (Lipinski definition) is 3. The minimum Gasteiger partial charge on any atom is -0.381 e. The zero-order valence-corrected chi connectivity index (χ0v) is 8.17. The molecule has 1 aromatic rings. The second kappa shape index (κ2) is 3.53. The molecule has 66 valence electrons. The normalized spacial score (nSPS) is 19.8. The van der Waals surface area contributed by atoms with Crippen LogP contribution in [0.15, 0.2) is 4.60 Å². The number of aromatic nitrogens is 3. The van der Waals surface area contributed by atoms with Gasteiger partial charge >= 0.3 is 0 Å². The van der Waals surface area contributed by atoms with E-state index in [1.165, 1.54) is 0 Å². The van der Waals surface area contributed by atoms with Crippen molar-refractivity contribution in [2.45, 2.75) is 18.8 Å². The van der Waals surface area contributed by atoms with Gasteiger partial charge in [-0.05, 0) is 28.8 Å². The van der Waals surface area contributed by atoms with Gasteiger partial charge in [-0.15, -0.1) is 5.10 Å². The number of nitrogens with zero attached hydrogens (tertiary/aromatic N) is 2. The molecule has 2 heterocycles. The summed E-state index contributed by atoms with van der Waals surface area (Å²) in [6.45, 7) is 1.67. The molecule has 0 bridgehead atoms. The van der Waals surface area contributed by atoms with Crippen LogP contribution in [0.5, 0.6) is 0 Å². The maximum absolute atomic E-state index is 5.26. The summed E-state index contributed by atoms with van der Waals surface area (Å²) in [5.41, 5.74) is 1.04. The third-order valence-electron chi connectivity index (χ3n) is 2.14. The van der Waals surface area contributed by atoms with Crippen LogP contribution in [-0.4, -0.2) is 28.6 Å². The van der Waals surface area contributed by atoms with E-state index < -0.39 is 0 Å². The molecule has 1 fully saturated rings. The molecule has 12 heavy (non-hydrogen) atoms. The zero-order valence-electron chi connectivity index (χ0n) is 6.59. The zero-order chi connectivity index (χ0) is 8.39. The van der Waals surface area contributed by atoms with Crippen LogP contribution in [0.3, 0.4) is 0 Å². The van der Waals surface area contributed by atoms with E-state index in [1.54, 1.807) is 0 Å². The fourth-order valence-corrected chi connectivity index (χ4v) is 1.95. The van der Waals surface area contributed by atoms with Crippen LogP contribution in [0.25, 0.3) is 0 Å². The van der Waals surface area contributed by atoms with Gasteiger partial charge in [-0.25, -0.2) is 0 Å². The lowest BCUT2D eigenvalue weighted by Crippen LogP contribution is -2.14. The number of nitrogens with one attached hydrogen (secondary N) is 1. The molecule has 0 atom stereocenters. The summed E-state index contributed by atoms with van der Waals surface area (Å²) >= 11 is 3.36. The Balaban J connectivity index is 2.13. The molecular weight excluding hydrogens is 222 g/mol. The van der Waals surface area contributed by atoms with Crippen molar-refractivity contribution < 1.29 is 4.74 Å². The number of ether oxygens (including phenoxy) is 1. The number of H-pyrrole nitrogens is 1. The van der Waals surface area contributed by atoms with E-state index in [0.717, 1.165) is 36.4 Å². The minimum absolute atomic E-state index is 0.506. The highest BCUT2D eigenvalue weighted by Gasteiger charge is 2.20. The fourth-order valence-electron chi connectivity index (χ4n) is 1.46. The first-order valence-electron chi connectivity index (χ1n) is 4.02. The molecule has 1 saturated heterocycles. The Kier molecular flexibility index (Phi) is 2.41. The van der Waals surface area contributed by atoms with Gasteiger partial charge in [0.25, 0.3) is 0 Å². The van der Waals surface area contributed by atoms with E-state index in [-0.39, 0.29) is 0 Å². The monoisotopic (exact) mass is 231 g/mol. The average Bonchev–Trinajstić information content (AvgIpc) is 2.53. The summed E-state index contributed by atoms with van der Waals surface area (Å²) in [6.07, 6.45) is 2.09. The third-order valence-corrected chi connectivity index (χ3v) is 2.72. The summed E-state index contributed by atoms with van der Waals surface area (Å²) in [4.78, 5) is 0. The van der Waals surface area contributed by atoms with Gasteiger partial charge in [-0.1, -0.05) is 0 Å². The van der Waals surface area contributed by atoms with E-state index in [1.807, 2.05) is 0 Å². The highest BCUT2D eigenvalue weighted by Crippen LogP contribution is 2.28. The first-order valence-corrected chi connectivity index (χ1v) is 4.81. The van der Waals surface area contributed by atoms with Crippen LogP contribution in [-0.2, 0) is 4.74 Å². The summed E-state index contributed by atoms with van der Waals surface area (Å²) in [6, 6.07) is 0. The second-order valence-corrected chi connectivity index (χ2v) is 3.64. The molecule has 1 aliphatic heterocycles. The molecule has 0 saturated carbocycles. The van der Waals surface area contributed by atoms with Gasteiger partial charge in [0.05, 0.1) is 0 Å². The number of aromatic amines is 1. The maximum Gasteiger partial charge on any atom is 0.151 e. The summed E-state index contributed by atoms with van der Waals surface area (Å²) < 4.78 is 6.11. The van der Waals surface area contributed by atoms with Crippen LogP contribution in [0.2, 0.25) is 0 Å². The first-order chi connectivity index (χ1) is 5.88. The quantitative estimate of drug-likeness (QED) is 0.797. The van der Waals surface area contributed by atoms with Crippen LogP contribution >= 0.6 is 15.9 Å². The molecule has 2 rings (SSSR count). The number of rotatable bonds is 1. The van der Waals surface area contributed by atoms with Crippen molar-refractivity contribution in [3.05, 3.63) is 10.3 Å². The highest BCUT2D eigenvalue weighted by atomic mass is 79.9. The summed E-state index contributed by atoms with van der Waals surface area (Å²) in [5, 5.41) is 10.6. The molecule has 0 radical (unpaired) electrons. The van der Waals surface area contributed by atoms with Gasteiger partial charge in [0.1, 0.15) is 5.69 Å². The second-order valence-electron chi connectivity index (χ2n) is 2.89. The molecule has 0 unspecified atom stereocenters. The predicted octanol–water partition coefficient (Wildman–Crippen LogP) is 1.46. The van der Waals surface area contributed by atoms with Crippen LogP contribution in [0.1, 0.15) is 24.5 Å². The van der Waals surface area contributed by atoms with Crippen LogP contribution in [0.4, 0.5) is 0 Å². The SMILES string of the molecule is Brc1n[nH]nc1C1CCOCC1. The Morgan fingerprint density at radius 2 is 2.08 bits per heavy atom. The van der Waals surface area contributed by atoms with Crippen molar-refractivity contribution in [3.8, 4) is 0 Å². The lowest BCUT2D eigenvalue weighted by atomic mass is 9.97. The van der Waals surface area contributed by atoms with Gasteiger partial charge < -0.3 is 4.74 Å². The average molecular weight is 232 g/mol. The maximum atomic E-state index is 5.26. The van der Waals surface area contributed by atoms with E-state index in [2.05, 4.69) is 31.3 Å². The lowest BCUT2D eigenvalue weighted by molar-refractivity contribution is 0.0843. The van der Waals surface area contributed by atoms with Crippen molar-refractivity contribution in [1.29, 1.82) is 0 Å². The van der Waals surface area contributed by atoms with Crippen LogP contribution < -0.4 is 0 Å².